The maximum Gasteiger partial charge on any atom is 0.222 e. The molecule has 2 aliphatic heterocycles. The second kappa shape index (κ2) is 8.47. The average Bonchev–Trinajstić information content (AvgIpc) is 2.63. The van der Waals surface area contributed by atoms with E-state index in [1.54, 1.807) is 12.1 Å². The molecule has 0 unspecified atom stereocenters. The van der Waals surface area contributed by atoms with Crippen LogP contribution >= 0.6 is 0 Å². The summed E-state index contributed by atoms with van der Waals surface area (Å²) in [4.78, 5) is 14.3. The molecule has 1 aromatic carbocycles. The lowest BCUT2D eigenvalue weighted by atomic mass is 9.93. The van der Waals surface area contributed by atoms with E-state index >= 15 is 0 Å². The number of likely N-dealkylation sites (tertiary alicyclic amines) is 1. The van der Waals surface area contributed by atoms with Crippen LogP contribution in [0.2, 0.25) is 0 Å². The number of rotatable bonds is 5. The summed E-state index contributed by atoms with van der Waals surface area (Å²) in [6.07, 6.45) is 5.89. The maximum absolute atomic E-state index is 12.9. The predicted octanol–water partition coefficient (Wildman–Crippen LogP) is 2.98. The average molecular weight is 334 g/mol. The predicted molar refractivity (Wildman–Crippen MR) is 91.5 cm³/mol. The Kier molecular flexibility index (Phi) is 6.07. The molecule has 24 heavy (non-hydrogen) atoms. The van der Waals surface area contributed by atoms with Gasteiger partial charge >= 0.3 is 0 Å². The van der Waals surface area contributed by atoms with Gasteiger partial charge in [-0.15, -0.1) is 0 Å². The molecule has 2 fully saturated rings. The molecule has 1 amide bonds. The molecule has 0 aliphatic carbocycles. The van der Waals surface area contributed by atoms with Crippen LogP contribution in [0.4, 0.5) is 4.39 Å². The molecular formula is C19H27FN2O2. The van der Waals surface area contributed by atoms with Crippen LogP contribution in [-0.4, -0.2) is 43.1 Å². The van der Waals surface area contributed by atoms with Crippen LogP contribution in [0, 0.1) is 11.7 Å². The molecule has 4 nitrogen and oxygen atoms in total. The fraction of sp³-hybridized carbons (Fsp3) is 0.632. The van der Waals surface area contributed by atoms with Crippen LogP contribution in [0.15, 0.2) is 24.3 Å². The van der Waals surface area contributed by atoms with Crippen LogP contribution in [0.3, 0.4) is 0 Å². The van der Waals surface area contributed by atoms with Gasteiger partial charge in [0.2, 0.25) is 5.91 Å². The molecule has 0 bridgehead atoms. The summed E-state index contributed by atoms with van der Waals surface area (Å²) in [5.41, 5.74) is 0. The van der Waals surface area contributed by atoms with Gasteiger partial charge in [0.15, 0.2) is 0 Å². The van der Waals surface area contributed by atoms with Gasteiger partial charge in [-0.05, 0) is 62.5 Å². The van der Waals surface area contributed by atoms with Gasteiger partial charge in [0.1, 0.15) is 17.7 Å². The highest BCUT2D eigenvalue weighted by molar-refractivity contribution is 5.76. The fourth-order valence-corrected chi connectivity index (χ4v) is 3.58. The SMILES string of the molecule is O=C(CCC1CCNCC1)N1CCC(Oc2ccc(F)cc2)CC1. The first-order valence-corrected chi connectivity index (χ1v) is 9.11. The Labute approximate surface area is 143 Å². The van der Waals surface area contributed by atoms with E-state index in [1.165, 1.54) is 25.0 Å². The van der Waals surface area contributed by atoms with E-state index in [0.29, 0.717) is 18.1 Å². The lowest BCUT2D eigenvalue weighted by molar-refractivity contribution is -0.133. The number of piperidine rings is 2. The van der Waals surface area contributed by atoms with Gasteiger partial charge < -0.3 is 15.0 Å². The molecule has 1 N–H and O–H groups in total. The zero-order chi connectivity index (χ0) is 16.8. The summed E-state index contributed by atoms with van der Waals surface area (Å²) in [5.74, 6) is 1.44. The molecule has 2 aliphatic rings. The van der Waals surface area contributed by atoms with Crippen LogP contribution in [0.25, 0.3) is 0 Å². The summed E-state index contributed by atoms with van der Waals surface area (Å²) in [7, 11) is 0. The Morgan fingerprint density at radius 3 is 2.46 bits per heavy atom. The Hall–Kier alpha value is -1.62. The number of hydrogen-bond donors (Lipinski definition) is 1. The lowest BCUT2D eigenvalue weighted by Gasteiger charge is -2.32. The zero-order valence-electron chi connectivity index (χ0n) is 14.2. The molecule has 5 heteroatoms. The third-order valence-electron chi connectivity index (χ3n) is 5.14. The normalized spacial score (nSPS) is 20.1. The number of carbonyl (C=O) groups is 1. The van der Waals surface area contributed by atoms with E-state index in [1.807, 2.05) is 4.90 Å². The number of amides is 1. The number of benzene rings is 1. The molecule has 0 atom stereocenters. The minimum absolute atomic E-state index is 0.115. The van der Waals surface area contributed by atoms with Gasteiger partial charge in [-0.1, -0.05) is 0 Å². The molecule has 0 saturated carbocycles. The highest BCUT2D eigenvalue weighted by Crippen LogP contribution is 2.22. The lowest BCUT2D eigenvalue weighted by Crippen LogP contribution is -2.42. The first-order valence-electron chi connectivity index (χ1n) is 9.11. The molecule has 2 saturated heterocycles. The maximum atomic E-state index is 12.9. The smallest absolute Gasteiger partial charge is 0.222 e. The van der Waals surface area contributed by atoms with Crippen molar-refractivity contribution < 1.29 is 13.9 Å². The van der Waals surface area contributed by atoms with E-state index in [9.17, 15) is 9.18 Å². The van der Waals surface area contributed by atoms with Gasteiger partial charge in [-0.25, -0.2) is 4.39 Å². The largest absolute Gasteiger partial charge is 0.490 e. The van der Waals surface area contributed by atoms with E-state index in [0.717, 1.165) is 45.4 Å². The minimum atomic E-state index is -0.253. The van der Waals surface area contributed by atoms with Crippen LogP contribution < -0.4 is 10.1 Å². The summed E-state index contributed by atoms with van der Waals surface area (Å²) < 4.78 is 18.8. The standard InChI is InChI=1S/C19H27FN2O2/c20-16-2-4-17(5-3-16)24-18-9-13-22(14-10-18)19(23)6-1-15-7-11-21-12-8-15/h2-5,15,18,21H,1,6-14H2. The summed E-state index contributed by atoms with van der Waals surface area (Å²) in [6, 6.07) is 6.14. The van der Waals surface area contributed by atoms with Crippen molar-refractivity contribution >= 4 is 5.91 Å². The highest BCUT2D eigenvalue weighted by Gasteiger charge is 2.24. The number of ether oxygens (including phenoxy) is 1. The van der Waals surface area contributed by atoms with Gasteiger partial charge in [-0.2, -0.15) is 0 Å². The number of hydrogen-bond acceptors (Lipinski definition) is 3. The number of nitrogens with one attached hydrogen (secondary N) is 1. The molecule has 0 spiro atoms. The van der Waals surface area contributed by atoms with Crippen molar-refractivity contribution in [1.82, 2.24) is 10.2 Å². The Balaban J connectivity index is 1.37. The third kappa shape index (κ3) is 4.94. The molecule has 3 rings (SSSR count). The highest BCUT2D eigenvalue weighted by atomic mass is 19.1. The van der Waals surface area contributed by atoms with E-state index in [4.69, 9.17) is 4.74 Å². The number of halogens is 1. The molecule has 0 aromatic heterocycles. The van der Waals surface area contributed by atoms with Gasteiger partial charge in [-0.3, -0.25) is 4.79 Å². The Morgan fingerprint density at radius 1 is 1.12 bits per heavy atom. The third-order valence-corrected chi connectivity index (χ3v) is 5.14. The molecule has 1 aromatic rings. The fourth-order valence-electron chi connectivity index (χ4n) is 3.58. The minimum Gasteiger partial charge on any atom is -0.490 e. The molecule has 0 radical (unpaired) electrons. The topological polar surface area (TPSA) is 41.6 Å². The van der Waals surface area contributed by atoms with Crippen molar-refractivity contribution in [2.45, 2.75) is 44.6 Å². The van der Waals surface area contributed by atoms with Crippen LogP contribution in [-0.2, 0) is 4.79 Å². The van der Waals surface area contributed by atoms with Gasteiger partial charge in [0, 0.05) is 32.4 Å². The van der Waals surface area contributed by atoms with Crippen molar-refractivity contribution in [3.63, 3.8) is 0 Å². The van der Waals surface area contributed by atoms with Gasteiger partial charge in [0.05, 0.1) is 0 Å². The van der Waals surface area contributed by atoms with Crippen molar-refractivity contribution in [3.8, 4) is 5.75 Å². The number of nitrogens with zero attached hydrogens (tertiary/aromatic N) is 1. The van der Waals surface area contributed by atoms with Gasteiger partial charge in [0.25, 0.3) is 0 Å². The second-order valence-corrected chi connectivity index (χ2v) is 6.88. The van der Waals surface area contributed by atoms with Crippen molar-refractivity contribution in [2.24, 2.45) is 5.92 Å². The van der Waals surface area contributed by atoms with Crippen molar-refractivity contribution in [3.05, 3.63) is 30.1 Å². The summed E-state index contributed by atoms with van der Waals surface area (Å²) >= 11 is 0. The molecular weight excluding hydrogens is 307 g/mol. The van der Waals surface area contributed by atoms with Crippen molar-refractivity contribution in [1.29, 1.82) is 0 Å². The second-order valence-electron chi connectivity index (χ2n) is 6.88. The van der Waals surface area contributed by atoms with Crippen LogP contribution in [0.5, 0.6) is 5.75 Å². The Bertz CT molecular complexity index is 521. The van der Waals surface area contributed by atoms with E-state index in [-0.39, 0.29) is 17.8 Å². The Morgan fingerprint density at radius 2 is 1.79 bits per heavy atom. The molecule has 2 heterocycles. The van der Waals surface area contributed by atoms with E-state index in [2.05, 4.69) is 5.32 Å². The first-order chi connectivity index (χ1) is 11.7. The quantitative estimate of drug-likeness (QED) is 0.900. The molecule has 132 valence electrons. The van der Waals surface area contributed by atoms with E-state index < -0.39 is 0 Å². The van der Waals surface area contributed by atoms with Crippen molar-refractivity contribution in [2.75, 3.05) is 26.2 Å². The first kappa shape index (κ1) is 17.2. The summed E-state index contributed by atoms with van der Waals surface area (Å²) in [6.45, 7) is 3.70. The number of carbonyl (C=O) groups excluding carboxylic acids is 1. The zero-order valence-corrected chi connectivity index (χ0v) is 14.2. The summed E-state index contributed by atoms with van der Waals surface area (Å²) in [5, 5.41) is 3.36. The van der Waals surface area contributed by atoms with Crippen LogP contribution in [0.1, 0.15) is 38.5 Å². The monoisotopic (exact) mass is 334 g/mol.